The van der Waals surface area contributed by atoms with Gasteiger partial charge in [0, 0.05) is 6.07 Å². The van der Waals surface area contributed by atoms with E-state index in [4.69, 9.17) is 19.9 Å². The molecule has 144 valence electrons. The SMILES string of the molecule is COc1ccc(NC(=O)COC(=O)[C@@H](CCSC)NC(N)=O)c(OC)c1. The van der Waals surface area contributed by atoms with Crippen molar-refractivity contribution in [1.82, 2.24) is 5.32 Å². The topological polar surface area (TPSA) is 129 Å². The molecule has 10 heteroatoms. The summed E-state index contributed by atoms with van der Waals surface area (Å²) >= 11 is 1.50. The van der Waals surface area contributed by atoms with Crippen LogP contribution < -0.4 is 25.8 Å². The lowest BCUT2D eigenvalue weighted by Gasteiger charge is -2.16. The largest absolute Gasteiger partial charge is 0.497 e. The lowest BCUT2D eigenvalue weighted by molar-refractivity contribution is -0.149. The monoisotopic (exact) mass is 385 g/mol. The van der Waals surface area contributed by atoms with Gasteiger partial charge in [0.2, 0.25) is 0 Å². The molecule has 3 amide bonds. The summed E-state index contributed by atoms with van der Waals surface area (Å²) in [5, 5.41) is 4.88. The van der Waals surface area contributed by atoms with E-state index < -0.39 is 30.6 Å². The quantitative estimate of drug-likeness (QED) is 0.512. The van der Waals surface area contributed by atoms with Crippen LogP contribution in [-0.2, 0) is 14.3 Å². The van der Waals surface area contributed by atoms with Crippen molar-refractivity contribution in [2.24, 2.45) is 5.73 Å². The fraction of sp³-hybridized carbons (Fsp3) is 0.438. The van der Waals surface area contributed by atoms with Crippen LogP contribution in [0.5, 0.6) is 11.5 Å². The summed E-state index contributed by atoms with van der Waals surface area (Å²) in [5.41, 5.74) is 5.45. The smallest absolute Gasteiger partial charge is 0.329 e. The number of carbonyl (C=O) groups is 3. The number of nitrogens with two attached hydrogens (primary N) is 1. The first-order valence-electron chi connectivity index (χ1n) is 7.64. The van der Waals surface area contributed by atoms with Crippen LogP contribution in [0.25, 0.3) is 0 Å². The lowest BCUT2D eigenvalue weighted by atomic mass is 10.2. The molecule has 0 aliphatic carbocycles. The maximum Gasteiger partial charge on any atom is 0.329 e. The predicted molar refractivity (Wildman–Crippen MR) is 98.6 cm³/mol. The number of anilines is 1. The predicted octanol–water partition coefficient (Wildman–Crippen LogP) is 0.976. The number of benzene rings is 1. The van der Waals surface area contributed by atoms with Crippen LogP contribution in [0.3, 0.4) is 0 Å². The molecule has 1 rings (SSSR count). The summed E-state index contributed by atoms with van der Waals surface area (Å²) in [4.78, 5) is 35.0. The summed E-state index contributed by atoms with van der Waals surface area (Å²) in [5.74, 6) is 0.312. The number of thioether (sulfide) groups is 1. The molecule has 0 saturated heterocycles. The van der Waals surface area contributed by atoms with Crippen molar-refractivity contribution in [2.45, 2.75) is 12.5 Å². The maximum atomic E-state index is 12.0. The molecular weight excluding hydrogens is 362 g/mol. The molecule has 0 fully saturated rings. The molecule has 0 heterocycles. The van der Waals surface area contributed by atoms with Gasteiger partial charge in [-0.25, -0.2) is 9.59 Å². The number of primary amides is 1. The molecule has 1 atom stereocenters. The van der Waals surface area contributed by atoms with E-state index in [1.807, 2.05) is 6.26 Å². The number of hydrogen-bond acceptors (Lipinski definition) is 7. The van der Waals surface area contributed by atoms with Gasteiger partial charge in [0.15, 0.2) is 6.61 Å². The highest BCUT2D eigenvalue weighted by Gasteiger charge is 2.22. The highest BCUT2D eigenvalue weighted by atomic mass is 32.2. The van der Waals surface area contributed by atoms with Crippen molar-refractivity contribution in [3.63, 3.8) is 0 Å². The molecule has 0 unspecified atom stereocenters. The Kier molecular flexibility index (Phi) is 9.13. The Morgan fingerprint density at radius 1 is 1.23 bits per heavy atom. The van der Waals surface area contributed by atoms with E-state index in [1.54, 1.807) is 18.2 Å². The minimum atomic E-state index is -0.900. The third-order valence-corrected chi connectivity index (χ3v) is 3.88. The summed E-state index contributed by atoms with van der Waals surface area (Å²) in [6.07, 6.45) is 2.21. The zero-order valence-corrected chi connectivity index (χ0v) is 15.7. The van der Waals surface area contributed by atoms with Gasteiger partial charge in [-0.05, 0) is 30.6 Å². The minimum absolute atomic E-state index is 0.344. The van der Waals surface area contributed by atoms with E-state index in [0.717, 1.165) is 0 Å². The van der Waals surface area contributed by atoms with Gasteiger partial charge < -0.3 is 30.6 Å². The average Bonchev–Trinajstić information content (AvgIpc) is 2.63. The Morgan fingerprint density at radius 3 is 2.54 bits per heavy atom. The first kappa shape index (κ1) is 21.4. The van der Waals surface area contributed by atoms with Gasteiger partial charge >= 0.3 is 12.0 Å². The van der Waals surface area contributed by atoms with Crippen LogP contribution in [0.4, 0.5) is 10.5 Å². The highest BCUT2D eigenvalue weighted by molar-refractivity contribution is 7.98. The first-order valence-corrected chi connectivity index (χ1v) is 9.04. The van der Waals surface area contributed by atoms with Crippen molar-refractivity contribution >= 4 is 35.4 Å². The fourth-order valence-corrected chi connectivity index (χ4v) is 2.45. The number of urea groups is 1. The van der Waals surface area contributed by atoms with Gasteiger partial charge in [-0.3, -0.25) is 4.79 Å². The standard InChI is InChI=1S/C16H23N3O6S/c1-23-10-4-5-11(13(8-10)24-2)18-14(20)9-25-15(21)12(6-7-26-3)19-16(17)22/h4-5,8,12H,6-7,9H2,1-3H3,(H,18,20)(H3,17,19,22)/t12-/m1/s1. The van der Waals surface area contributed by atoms with E-state index in [9.17, 15) is 14.4 Å². The van der Waals surface area contributed by atoms with Crippen LogP contribution >= 0.6 is 11.8 Å². The molecule has 0 aliphatic heterocycles. The van der Waals surface area contributed by atoms with Crippen LogP contribution in [0.2, 0.25) is 0 Å². The molecule has 9 nitrogen and oxygen atoms in total. The third kappa shape index (κ3) is 7.09. The molecule has 1 aromatic carbocycles. The first-order chi connectivity index (χ1) is 12.4. The van der Waals surface area contributed by atoms with Gasteiger partial charge in [0.25, 0.3) is 5.91 Å². The van der Waals surface area contributed by atoms with Crippen molar-refractivity contribution < 1.29 is 28.6 Å². The van der Waals surface area contributed by atoms with Crippen molar-refractivity contribution in [2.75, 3.05) is 38.2 Å². The summed E-state index contributed by atoms with van der Waals surface area (Å²) in [6.45, 7) is -0.510. The van der Waals surface area contributed by atoms with Gasteiger partial charge in [0.05, 0.1) is 19.9 Å². The number of methoxy groups -OCH3 is 2. The Hall–Kier alpha value is -2.62. The number of esters is 1. The second kappa shape index (κ2) is 11.1. The summed E-state index contributed by atoms with van der Waals surface area (Å²) in [7, 11) is 2.97. The molecule has 26 heavy (non-hydrogen) atoms. The number of rotatable bonds is 10. The molecule has 4 N–H and O–H groups in total. The van der Waals surface area contributed by atoms with Gasteiger partial charge in [-0.1, -0.05) is 0 Å². The highest BCUT2D eigenvalue weighted by Crippen LogP contribution is 2.28. The zero-order chi connectivity index (χ0) is 19.5. The van der Waals surface area contributed by atoms with Crippen LogP contribution in [0.15, 0.2) is 18.2 Å². The number of hydrogen-bond donors (Lipinski definition) is 3. The Morgan fingerprint density at radius 2 is 1.96 bits per heavy atom. The third-order valence-electron chi connectivity index (χ3n) is 3.24. The Balaban J connectivity index is 2.61. The number of nitrogens with one attached hydrogen (secondary N) is 2. The van der Waals surface area contributed by atoms with E-state index in [1.165, 1.54) is 26.0 Å². The fourth-order valence-electron chi connectivity index (χ4n) is 1.98. The molecule has 0 aromatic heterocycles. The second-order valence-electron chi connectivity index (χ2n) is 5.06. The molecule has 1 aromatic rings. The van der Waals surface area contributed by atoms with E-state index in [0.29, 0.717) is 29.4 Å². The molecule has 0 spiro atoms. The van der Waals surface area contributed by atoms with Crippen LogP contribution in [-0.4, -0.2) is 56.8 Å². The van der Waals surface area contributed by atoms with Crippen molar-refractivity contribution in [3.05, 3.63) is 18.2 Å². The molecule has 0 aliphatic rings. The normalized spacial score (nSPS) is 11.2. The summed E-state index contributed by atoms with van der Waals surface area (Å²) < 4.78 is 15.2. The Bertz CT molecular complexity index is 640. The maximum absolute atomic E-state index is 12.0. The zero-order valence-electron chi connectivity index (χ0n) is 14.9. The number of carbonyl (C=O) groups excluding carboxylic acids is 3. The number of ether oxygens (including phenoxy) is 3. The average molecular weight is 385 g/mol. The van der Waals surface area contributed by atoms with Crippen molar-refractivity contribution in [3.8, 4) is 11.5 Å². The van der Waals surface area contributed by atoms with Crippen molar-refractivity contribution in [1.29, 1.82) is 0 Å². The van der Waals surface area contributed by atoms with Crippen LogP contribution in [0.1, 0.15) is 6.42 Å². The van der Waals surface area contributed by atoms with E-state index in [-0.39, 0.29) is 0 Å². The second-order valence-corrected chi connectivity index (χ2v) is 6.05. The number of amides is 3. The Labute approximate surface area is 155 Å². The van der Waals surface area contributed by atoms with Gasteiger partial charge in [-0.2, -0.15) is 11.8 Å². The van der Waals surface area contributed by atoms with E-state index in [2.05, 4.69) is 10.6 Å². The molecule has 0 radical (unpaired) electrons. The molecule has 0 bridgehead atoms. The lowest BCUT2D eigenvalue weighted by Crippen LogP contribution is -2.45. The van der Waals surface area contributed by atoms with Crippen LogP contribution in [0, 0.1) is 0 Å². The minimum Gasteiger partial charge on any atom is -0.497 e. The van der Waals surface area contributed by atoms with E-state index >= 15 is 0 Å². The van der Waals surface area contributed by atoms with Gasteiger partial charge in [-0.15, -0.1) is 0 Å². The summed E-state index contributed by atoms with van der Waals surface area (Å²) in [6, 6.07) is 3.13. The molecule has 0 saturated carbocycles. The molecular formula is C16H23N3O6S. The van der Waals surface area contributed by atoms with Gasteiger partial charge in [0.1, 0.15) is 17.5 Å².